The first-order valence-corrected chi connectivity index (χ1v) is 5.60. The smallest absolute Gasteiger partial charge is 0.246 e. The number of carbonyl (C=O) groups excluding carboxylic acids is 1. The van der Waals surface area contributed by atoms with Gasteiger partial charge in [-0.3, -0.25) is 4.79 Å². The van der Waals surface area contributed by atoms with Gasteiger partial charge in [0.2, 0.25) is 5.91 Å². The zero-order valence-electron chi connectivity index (χ0n) is 9.15. The van der Waals surface area contributed by atoms with Crippen molar-refractivity contribution in [1.29, 1.82) is 0 Å². The number of likely N-dealkylation sites (tertiary alicyclic amines) is 1. The number of allylic oxidation sites excluding steroid dienone is 3. The van der Waals surface area contributed by atoms with Crippen molar-refractivity contribution >= 4 is 5.91 Å². The van der Waals surface area contributed by atoms with Gasteiger partial charge in [-0.15, -0.1) is 0 Å². The van der Waals surface area contributed by atoms with Crippen LogP contribution in [0.2, 0.25) is 0 Å². The maximum atomic E-state index is 11.7. The summed E-state index contributed by atoms with van der Waals surface area (Å²) in [5, 5.41) is 3.37. The van der Waals surface area contributed by atoms with Crippen LogP contribution in [0.3, 0.4) is 0 Å². The number of hydrogen-bond donors (Lipinski definition) is 1. The summed E-state index contributed by atoms with van der Waals surface area (Å²) in [4.78, 5) is 13.7. The molecule has 0 spiro atoms. The molecular weight excluding hydrogens is 188 g/mol. The lowest BCUT2D eigenvalue weighted by Gasteiger charge is -2.14. The molecule has 2 aliphatic rings. The van der Waals surface area contributed by atoms with E-state index in [2.05, 4.69) is 5.32 Å². The minimum atomic E-state index is 0.155. The molecule has 2 aliphatic heterocycles. The van der Waals surface area contributed by atoms with Crippen LogP contribution in [-0.2, 0) is 4.79 Å². The Kier molecular flexibility index (Phi) is 3.21. The van der Waals surface area contributed by atoms with Crippen molar-refractivity contribution in [3.63, 3.8) is 0 Å². The van der Waals surface area contributed by atoms with Crippen LogP contribution in [0.25, 0.3) is 0 Å². The Labute approximate surface area is 90.8 Å². The molecule has 0 aromatic carbocycles. The van der Waals surface area contributed by atoms with Crippen molar-refractivity contribution in [2.45, 2.75) is 6.92 Å². The maximum absolute atomic E-state index is 11.7. The predicted molar refractivity (Wildman–Crippen MR) is 60.4 cm³/mol. The number of nitrogens with one attached hydrogen (secondary N) is 1. The topological polar surface area (TPSA) is 32.3 Å². The zero-order valence-corrected chi connectivity index (χ0v) is 9.15. The van der Waals surface area contributed by atoms with Gasteiger partial charge in [-0.05, 0) is 18.8 Å². The van der Waals surface area contributed by atoms with Crippen LogP contribution in [0.1, 0.15) is 6.92 Å². The largest absolute Gasteiger partial charge is 0.338 e. The average Bonchev–Trinajstić information content (AvgIpc) is 2.76. The molecule has 3 heteroatoms. The summed E-state index contributed by atoms with van der Waals surface area (Å²) in [7, 11) is 0. The summed E-state index contributed by atoms with van der Waals surface area (Å²) in [6.07, 6.45) is 7.28. The molecule has 0 saturated carbocycles. The van der Waals surface area contributed by atoms with Crippen molar-refractivity contribution < 1.29 is 4.79 Å². The number of carbonyl (C=O) groups is 1. The summed E-state index contributed by atoms with van der Waals surface area (Å²) in [5.74, 6) is 1.52. The first-order chi connectivity index (χ1) is 7.31. The molecule has 0 aliphatic carbocycles. The number of rotatable bonds is 2. The SMILES string of the molecule is CC=CC=CC(=O)N1C[C@H]2CNC[C@H]2C1. The fourth-order valence-electron chi connectivity index (χ4n) is 2.39. The molecule has 0 radical (unpaired) electrons. The van der Waals surface area contributed by atoms with Gasteiger partial charge in [-0.1, -0.05) is 18.2 Å². The van der Waals surface area contributed by atoms with E-state index < -0.39 is 0 Å². The van der Waals surface area contributed by atoms with Gasteiger partial charge in [-0.2, -0.15) is 0 Å². The molecule has 15 heavy (non-hydrogen) atoms. The number of hydrogen-bond acceptors (Lipinski definition) is 2. The van der Waals surface area contributed by atoms with Crippen molar-refractivity contribution in [3.05, 3.63) is 24.3 Å². The van der Waals surface area contributed by atoms with Crippen LogP contribution in [0.15, 0.2) is 24.3 Å². The van der Waals surface area contributed by atoms with E-state index in [1.807, 2.05) is 30.1 Å². The monoisotopic (exact) mass is 206 g/mol. The highest BCUT2D eigenvalue weighted by Gasteiger charge is 2.37. The third-order valence-electron chi connectivity index (χ3n) is 3.24. The van der Waals surface area contributed by atoms with E-state index in [1.54, 1.807) is 6.08 Å². The van der Waals surface area contributed by atoms with Gasteiger partial charge in [0.05, 0.1) is 0 Å². The highest BCUT2D eigenvalue weighted by atomic mass is 16.2. The van der Waals surface area contributed by atoms with Crippen LogP contribution in [0, 0.1) is 11.8 Å². The third-order valence-corrected chi connectivity index (χ3v) is 3.24. The Morgan fingerprint density at radius 2 is 1.93 bits per heavy atom. The van der Waals surface area contributed by atoms with E-state index >= 15 is 0 Å². The third kappa shape index (κ3) is 2.29. The van der Waals surface area contributed by atoms with E-state index in [4.69, 9.17) is 0 Å². The molecule has 2 rings (SSSR count). The molecule has 2 fully saturated rings. The van der Waals surface area contributed by atoms with Gasteiger partial charge in [0.15, 0.2) is 0 Å². The number of nitrogens with zero attached hydrogens (tertiary/aromatic N) is 1. The molecule has 3 nitrogen and oxygen atoms in total. The lowest BCUT2D eigenvalue weighted by atomic mass is 10.0. The van der Waals surface area contributed by atoms with Crippen LogP contribution >= 0.6 is 0 Å². The second kappa shape index (κ2) is 4.62. The van der Waals surface area contributed by atoms with E-state index in [0.29, 0.717) is 11.8 Å². The van der Waals surface area contributed by atoms with Crippen molar-refractivity contribution in [1.82, 2.24) is 10.2 Å². The summed E-state index contributed by atoms with van der Waals surface area (Å²) in [5.41, 5.74) is 0. The molecular formula is C12H18N2O. The van der Waals surface area contributed by atoms with Gasteiger partial charge in [0.1, 0.15) is 0 Å². The molecule has 0 aromatic heterocycles. The second-order valence-electron chi connectivity index (χ2n) is 4.31. The van der Waals surface area contributed by atoms with Gasteiger partial charge in [-0.25, -0.2) is 0 Å². The lowest BCUT2D eigenvalue weighted by molar-refractivity contribution is -0.125. The Bertz CT molecular complexity index is 284. The lowest BCUT2D eigenvalue weighted by Crippen LogP contribution is -2.30. The fourth-order valence-corrected chi connectivity index (χ4v) is 2.39. The standard InChI is InChI=1S/C12H18N2O/c1-2-3-4-5-12(15)14-8-10-6-13-7-11(10)9-14/h2-5,10-11,13H,6-9H2,1H3/t10-,11+. The van der Waals surface area contributed by atoms with Gasteiger partial charge >= 0.3 is 0 Å². The highest BCUT2D eigenvalue weighted by molar-refractivity contribution is 5.88. The zero-order chi connectivity index (χ0) is 10.7. The minimum absolute atomic E-state index is 0.155. The highest BCUT2D eigenvalue weighted by Crippen LogP contribution is 2.26. The molecule has 1 N–H and O–H groups in total. The normalized spacial score (nSPS) is 30.6. The molecule has 2 saturated heterocycles. The fraction of sp³-hybridized carbons (Fsp3) is 0.583. The predicted octanol–water partition coefficient (Wildman–Crippen LogP) is 0.796. The first kappa shape index (κ1) is 10.4. The Balaban J connectivity index is 1.88. The van der Waals surface area contributed by atoms with E-state index in [1.165, 1.54) is 0 Å². The molecule has 2 atom stereocenters. The van der Waals surface area contributed by atoms with Crippen LogP contribution in [-0.4, -0.2) is 37.0 Å². The van der Waals surface area contributed by atoms with E-state index in [-0.39, 0.29) is 5.91 Å². The van der Waals surface area contributed by atoms with Gasteiger partial charge < -0.3 is 10.2 Å². The second-order valence-corrected chi connectivity index (χ2v) is 4.31. The van der Waals surface area contributed by atoms with Gasteiger partial charge in [0, 0.05) is 32.3 Å². The minimum Gasteiger partial charge on any atom is -0.338 e. The average molecular weight is 206 g/mol. The summed E-state index contributed by atoms with van der Waals surface area (Å²) < 4.78 is 0. The quantitative estimate of drug-likeness (QED) is 0.535. The number of amides is 1. The summed E-state index contributed by atoms with van der Waals surface area (Å²) >= 11 is 0. The molecule has 0 bridgehead atoms. The molecule has 0 unspecified atom stereocenters. The van der Waals surface area contributed by atoms with Crippen LogP contribution < -0.4 is 5.32 Å². The summed E-state index contributed by atoms with van der Waals surface area (Å²) in [6, 6.07) is 0. The van der Waals surface area contributed by atoms with Crippen molar-refractivity contribution in [3.8, 4) is 0 Å². The molecule has 82 valence electrons. The molecule has 0 aromatic rings. The van der Waals surface area contributed by atoms with Crippen molar-refractivity contribution in [2.24, 2.45) is 11.8 Å². The maximum Gasteiger partial charge on any atom is 0.246 e. The Morgan fingerprint density at radius 3 is 2.53 bits per heavy atom. The number of fused-ring (bicyclic) bond motifs is 1. The Hall–Kier alpha value is -1.09. The van der Waals surface area contributed by atoms with E-state index in [0.717, 1.165) is 26.2 Å². The van der Waals surface area contributed by atoms with Crippen LogP contribution in [0.4, 0.5) is 0 Å². The Morgan fingerprint density at radius 1 is 1.27 bits per heavy atom. The summed E-state index contributed by atoms with van der Waals surface area (Å²) in [6.45, 7) is 5.95. The van der Waals surface area contributed by atoms with Gasteiger partial charge in [0.25, 0.3) is 0 Å². The molecule has 2 heterocycles. The molecule has 1 amide bonds. The van der Waals surface area contributed by atoms with Crippen LogP contribution in [0.5, 0.6) is 0 Å². The first-order valence-electron chi connectivity index (χ1n) is 5.60. The van der Waals surface area contributed by atoms with E-state index in [9.17, 15) is 4.79 Å². The van der Waals surface area contributed by atoms with Crippen molar-refractivity contribution in [2.75, 3.05) is 26.2 Å².